The van der Waals surface area contributed by atoms with E-state index in [-0.39, 0.29) is 12.4 Å². The average Bonchev–Trinajstić information content (AvgIpc) is 3.08. The molecule has 0 aliphatic carbocycles. The lowest BCUT2D eigenvalue weighted by molar-refractivity contribution is 0.0475. The van der Waals surface area contributed by atoms with Crippen molar-refractivity contribution < 1.29 is 19.1 Å². The van der Waals surface area contributed by atoms with Gasteiger partial charge in [-0.15, -0.1) is 11.3 Å². The molecule has 0 unspecified atom stereocenters. The van der Waals surface area contributed by atoms with E-state index >= 15 is 0 Å². The van der Waals surface area contributed by atoms with E-state index in [2.05, 4.69) is 4.98 Å². The molecule has 0 aliphatic rings. The Bertz CT molecular complexity index is 979. The third-order valence-corrected chi connectivity index (χ3v) is 5.23. The predicted octanol–water partition coefficient (Wildman–Crippen LogP) is 4.69. The number of methoxy groups -OCH3 is 1. The van der Waals surface area contributed by atoms with Crippen LogP contribution in [0.25, 0.3) is 10.6 Å². The van der Waals surface area contributed by atoms with Crippen molar-refractivity contribution in [3.05, 3.63) is 70.2 Å². The molecule has 0 aliphatic heterocycles. The summed E-state index contributed by atoms with van der Waals surface area (Å²) in [6.07, 6.45) is 0. The molecule has 138 valence electrons. The summed E-state index contributed by atoms with van der Waals surface area (Å²) in [6, 6.07) is 14.8. The lowest BCUT2D eigenvalue weighted by Gasteiger charge is -2.10. The first-order valence-corrected chi connectivity index (χ1v) is 9.19. The molecule has 3 aromatic rings. The van der Waals surface area contributed by atoms with Crippen LogP contribution in [0.15, 0.2) is 48.5 Å². The number of aromatic nitrogens is 1. The molecule has 1 aromatic heterocycles. The van der Waals surface area contributed by atoms with Crippen molar-refractivity contribution in [3.8, 4) is 16.3 Å². The second kappa shape index (κ2) is 8.14. The number of Topliss-reactive ketones (excluding diaryl/α,β-unsaturated/α-hetero) is 1. The maximum atomic E-state index is 12.5. The molecular weight excluding hydrogens is 362 g/mol. The highest BCUT2D eigenvalue weighted by molar-refractivity contribution is 7.17. The van der Waals surface area contributed by atoms with Crippen molar-refractivity contribution in [2.24, 2.45) is 0 Å². The number of nitrogens with zero attached hydrogens (tertiary/aromatic N) is 1. The Hall–Kier alpha value is -2.99. The molecular formula is C21H19NO4S. The normalized spacial score (nSPS) is 10.5. The van der Waals surface area contributed by atoms with Gasteiger partial charge in [0.1, 0.15) is 22.2 Å². The minimum atomic E-state index is -0.442. The topological polar surface area (TPSA) is 65.5 Å². The van der Waals surface area contributed by atoms with Gasteiger partial charge in [0.15, 0.2) is 5.78 Å². The van der Waals surface area contributed by atoms with Gasteiger partial charge in [0.25, 0.3) is 0 Å². The second-order valence-corrected chi connectivity index (χ2v) is 6.96. The summed E-state index contributed by atoms with van der Waals surface area (Å²) in [5.74, 6) is 0.0669. The third kappa shape index (κ3) is 4.23. The van der Waals surface area contributed by atoms with Crippen molar-refractivity contribution in [2.45, 2.75) is 20.5 Å². The molecule has 0 N–H and O–H groups in total. The molecule has 0 saturated heterocycles. The van der Waals surface area contributed by atoms with Gasteiger partial charge in [0.2, 0.25) is 0 Å². The highest BCUT2D eigenvalue weighted by Gasteiger charge is 2.18. The first-order chi connectivity index (χ1) is 13.0. The van der Waals surface area contributed by atoms with Crippen LogP contribution in [0, 0.1) is 6.92 Å². The number of carbonyl (C=O) groups excluding carboxylic acids is 2. The van der Waals surface area contributed by atoms with E-state index in [4.69, 9.17) is 9.47 Å². The summed E-state index contributed by atoms with van der Waals surface area (Å²) < 4.78 is 10.8. The lowest BCUT2D eigenvalue weighted by atomic mass is 10.1. The highest BCUT2D eigenvalue weighted by Crippen LogP contribution is 2.29. The first kappa shape index (κ1) is 18.8. The fourth-order valence-electron chi connectivity index (χ4n) is 2.61. The number of hydrogen-bond donors (Lipinski definition) is 0. The second-order valence-electron chi connectivity index (χ2n) is 5.96. The van der Waals surface area contributed by atoms with Crippen LogP contribution in [-0.4, -0.2) is 23.8 Å². The van der Waals surface area contributed by atoms with Crippen LogP contribution in [0.3, 0.4) is 0 Å². The number of benzene rings is 2. The molecule has 0 saturated carbocycles. The summed E-state index contributed by atoms with van der Waals surface area (Å²) in [6.45, 7) is 3.29. The molecule has 6 heteroatoms. The number of aryl methyl sites for hydroxylation is 1. The van der Waals surface area contributed by atoms with E-state index < -0.39 is 5.97 Å². The summed E-state index contributed by atoms with van der Waals surface area (Å²) in [5.41, 5.74) is 2.78. The monoisotopic (exact) mass is 381 g/mol. The molecule has 0 spiro atoms. The van der Waals surface area contributed by atoms with E-state index in [0.717, 1.165) is 10.6 Å². The van der Waals surface area contributed by atoms with Gasteiger partial charge in [0, 0.05) is 16.7 Å². The van der Waals surface area contributed by atoms with Crippen LogP contribution in [0.2, 0.25) is 0 Å². The lowest BCUT2D eigenvalue weighted by Crippen LogP contribution is -2.06. The zero-order valence-electron chi connectivity index (χ0n) is 15.3. The molecule has 3 rings (SSSR count). The largest absolute Gasteiger partial charge is 0.496 e. The molecule has 2 aromatic carbocycles. The maximum absolute atomic E-state index is 12.5. The molecule has 5 nitrogen and oxygen atoms in total. The summed E-state index contributed by atoms with van der Waals surface area (Å²) in [5, 5.41) is 0.774. The summed E-state index contributed by atoms with van der Waals surface area (Å²) in [4.78, 5) is 29.1. The van der Waals surface area contributed by atoms with E-state index in [9.17, 15) is 9.59 Å². The number of ether oxygens (including phenoxy) is 2. The van der Waals surface area contributed by atoms with Crippen molar-refractivity contribution in [2.75, 3.05) is 7.11 Å². The fourth-order valence-corrected chi connectivity index (χ4v) is 3.57. The van der Waals surface area contributed by atoms with Gasteiger partial charge in [-0.05, 0) is 32.0 Å². The van der Waals surface area contributed by atoms with E-state index in [1.807, 2.05) is 30.3 Å². The minimum Gasteiger partial charge on any atom is -0.496 e. The number of thiazole rings is 1. The van der Waals surface area contributed by atoms with Crippen LogP contribution in [0.1, 0.15) is 38.2 Å². The highest BCUT2D eigenvalue weighted by atomic mass is 32.1. The Morgan fingerprint density at radius 1 is 1.11 bits per heavy atom. The smallest absolute Gasteiger partial charge is 0.350 e. The number of carbonyl (C=O) groups is 2. The third-order valence-electron chi connectivity index (χ3n) is 4.05. The van der Waals surface area contributed by atoms with Gasteiger partial charge < -0.3 is 9.47 Å². The Morgan fingerprint density at radius 3 is 2.52 bits per heavy atom. The van der Waals surface area contributed by atoms with Crippen molar-refractivity contribution in [3.63, 3.8) is 0 Å². The van der Waals surface area contributed by atoms with Crippen LogP contribution in [-0.2, 0) is 11.3 Å². The Morgan fingerprint density at radius 2 is 1.85 bits per heavy atom. The van der Waals surface area contributed by atoms with E-state index in [1.54, 1.807) is 25.1 Å². The van der Waals surface area contributed by atoms with Crippen LogP contribution in [0.5, 0.6) is 5.75 Å². The maximum Gasteiger partial charge on any atom is 0.350 e. The van der Waals surface area contributed by atoms with Crippen molar-refractivity contribution in [1.29, 1.82) is 0 Å². The molecule has 0 amide bonds. The molecule has 1 heterocycles. The Kier molecular flexibility index (Phi) is 5.66. The number of rotatable bonds is 6. The summed E-state index contributed by atoms with van der Waals surface area (Å²) >= 11 is 1.30. The zero-order valence-corrected chi connectivity index (χ0v) is 16.1. The van der Waals surface area contributed by atoms with Crippen LogP contribution in [0.4, 0.5) is 0 Å². The van der Waals surface area contributed by atoms with Crippen molar-refractivity contribution >= 4 is 23.1 Å². The SMILES string of the molecule is COc1ccc(C(C)=O)cc1COC(=O)c1sc(-c2ccccc2)nc1C. The molecule has 0 radical (unpaired) electrons. The fraction of sp³-hybridized carbons (Fsp3) is 0.190. The Balaban J connectivity index is 1.78. The Labute approximate surface area is 161 Å². The van der Waals surface area contributed by atoms with Gasteiger partial charge >= 0.3 is 5.97 Å². The van der Waals surface area contributed by atoms with Crippen LogP contribution >= 0.6 is 11.3 Å². The van der Waals surface area contributed by atoms with Crippen LogP contribution < -0.4 is 4.74 Å². The van der Waals surface area contributed by atoms with E-state index in [1.165, 1.54) is 25.4 Å². The first-order valence-electron chi connectivity index (χ1n) is 8.37. The number of hydrogen-bond acceptors (Lipinski definition) is 6. The molecule has 0 atom stereocenters. The van der Waals surface area contributed by atoms with E-state index in [0.29, 0.717) is 27.4 Å². The molecule has 0 bridgehead atoms. The zero-order chi connectivity index (χ0) is 19.4. The van der Waals surface area contributed by atoms with Gasteiger partial charge in [0.05, 0.1) is 12.8 Å². The molecule has 27 heavy (non-hydrogen) atoms. The van der Waals surface area contributed by atoms with Gasteiger partial charge in [-0.2, -0.15) is 0 Å². The molecule has 0 fully saturated rings. The standard InChI is InChI=1S/C21H19NO4S/c1-13-19(27-20(22-13)15-7-5-4-6-8-15)21(24)26-12-17-11-16(14(2)23)9-10-18(17)25-3/h4-11H,12H2,1-3H3. The van der Waals surface area contributed by atoms with Crippen molar-refractivity contribution in [1.82, 2.24) is 4.98 Å². The van der Waals surface area contributed by atoms with Gasteiger partial charge in [-0.1, -0.05) is 30.3 Å². The number of ketones is 1. The summed E-state index contributed by atoms with van der Waals surface area (Å²) in [7, 11) is 1.54. The minimum absolute atomic E-state index is 0.0150. The predicted molar refractivity (Wildman–Crippen MR) is 104 cm³/mol. The average molecular weight is 381 g/mol. The number of esters is 1. The van der Waals surface area contributed by atoms with Gasteiger partial charge in [-0.3, -0.25) is 4.79 Å². The quantitative estimate of drug-likeness (QED) is 0.458. The van der Waals surface area contributed by atoms with Gasteiger partial charge in [-0.25, -0.2) is 9.78 Å².